The van der Waals surface area contributed by atoms with E-state index in [0.717, 1.165) is 36.5 Å². The quantitative estimate of drug-likeness (QED) is 0.785. The van der Waals surface area contributed by atoms with Gasteiger partial charge in [0, 0.05) is 26.1 Å². The maximum absolute atomic E-state index is 4.99. The molecule has 4 nitrogen and oxygen atoms in total. The highest BCUT2D eigenvalue weighted by molar-refractivity contribution is 7.11. The van der Waals surface area contributed by atoms with Crippen LogP contribution in [0.5, 0.6) is 0 Å². The minimum Gasteiger partial charge on any atom is -0.383 e. The molecule has 1 N–H and O–H groups in total. The highest BCUT2D eigenvalue weighted by Gasteiger charge is 2.47. The van der Waals surface area contributed by atoms with Gasteiger partial charge in [0.05, 0.1) is 6.61 Å². The highest BCUT2D eigenvalue weighted by Crippen LogP contribution is 2.57. The Bertz CT molecular complexity index is 372. The van der Waals surface area contributed by atoms with Gasteiger partial charge in [0.25, 0.3) is 0 Å². The average Bonchev–Trinajstić information content (AvgIpc) is 2.81. The molecule has 0 bridgehead atoms. The number of nitrogens with zero attached hydrogens (tertiary/aromatic N) is 2. The van der Waals surface area contributed by atoms with E-state index in [4.69, 9.17) is 4.74 Å². The number of rotatable bonds is 6. The van der Waals surface area contributed by atoms with E-state index >= 15 is 0 Å². The van der Waals surface area contributed by atoms with Gasteiger partial charge in [0.15, 0.2) is 0 Å². The first-order valence-corrected chi connectivity index (χ1v) is 7.20. The van der Waals surface area contributed by atoms with Crippen LogP contribution in [0.1, 0.15) is 35.2 Å². The van der Waals surface area contributed by atoms with Gasteiger partial charge >= 0.3 is 0 Å². The highest BCUT2D eigenvalue weighted by atomic mass is 32.1. The summed E-state index contributed by atoms with van der Waals surface area (Å²) >= 11 is 1.79. The number of ether oxygens (including phenoxy) is 1. The van der Waals surface area contributed by atoms with Crippen molar-refractivity contribution in [3.63, 3.8) is 0 Å². The van der Waals surface area contributed by atoms with Crippen molar-refractivity contribution >= 4 is 11.3 Å². The first-order valence-electron chi connectivity index (χ1n) is 6.38. The lowest BCUT2D eigenvalue weighted by Gasteiger charge is -2.05. The van der Waals surface area contributed by atoms with Crippen molar-refractivity contribution in [2.45, 2.75) is 31.7 Å². The third kappa shape index (κ3) is 2.67. The smallest absolute Gasteiger partial charge is 0.131 e. The summed E-state index contributed by atoms with van der Waals surface area (Å²) in [5.74, 6) is 2.75. The van der Waals surface area contributed by atoms with Gasteiger partial charge in [-0.3, -0.25) is 0 Å². The summed E-state index contributed by atoms with van der Waals surface area (Å²) in [5.41, 5.74) is 0. The standard InChI is InChI=1S/C12H19N3OS/c1-16-3-2-13-7-11-14-15-12(17-11)10-5-8-4-9(8)6-10/h8-10,13H,2-7H2,1H3. The van der Waals surface area contributed by atoms with Gasteiger partial charge in [-0.1, -0.05) is 11.3 Å². The van der Waals surface area contributed by atoms with E-state index in [0.29, 0.717) is 5.92 Å². The van der Waals surface area contributed by atoms with E-state index in [1.807, 2.05) is 0 Å². The van der Waals surface area contributed by atoms with E-state index in [2.05, 4.69) is 15.5 Å². The molecular formula is C12H19N3OS. The molecule has 0 amide bonds. The molecular weight excluding hydrogens is 234 g/mol. The largest absolute Gasteiger partial charge is 0.383 e. The van der Waals surface area contributed by atoms with Crippen molar-refractivity contribution in [3.05, 3.63) is 10.0 Å². The van der Waals surface area contributed by atoms with E-state index in [-0.39, 0.29) is 0 Å². The zero-order valence-electron chi connectivity index (χ0n) is 10.2. The van der Waals surface area contributed by atoms with Crippen molar-refractivity contribution in [2.24, 2.45) is 11.8 Å². The summed E-state index contributed by atoms with van der Waals surface area (Å²) in [5, 5.41) is 14.3. The molecule has 17 heavy (non-hydrogen) atoms. The fourth-order valence-corrected chi connectivity index (χ4v) is 3.73. The van der Waals surface area contributed by atoms with Crippen molar-refractivity contribution in [2.75, 3.05) is 20.3 Å². The second kappa shape index (κ2) is 5.00. The topological polar surface area (TPSA) is 47.0 Å². The first kappa shape index (κ1) is 11.6. The van der Waals surface area contributed by atoms with Crippen molar-refractivity contribution in [3.8, 4) is 0 Å². The Balaban J connectivity index is 1.48. The summed E-state index contributed by atoms with van der Waals surface area (Å²) in [6, 6.07) is 0. The predicted molar refractivity (Wildman–Crippen MR) is 67.1 cm³/mol. The Hall–Kier alpha value is -0.520. The van der Waals surface area contributed by atoms with Crippen LogP contribution in [-0.4, -0.2) is 30.5 Å². The Morgan fingerprint density at radius 3 is 2.88 bits per heavy atom. The molecule has 2 aliphatic rings. The van der Waals surface area contributed by atoms with Crippen molar-refractivity contribution in [1.29, 1.82) is 0 Å². The third-order valence-corrected chi connectivity index (χ3v) is 4.92. The fourth-order valence-electron chi connectivity index (χ4n) is 2.79. The first-order chi connectivity index (χ1) is 8.36. The van der Waals surface area contributed by atoms with Crippen LogP contribution in [0.2, 0.25) is 0 Å². The van der Waals surface area contributed by atoms with E-state index in [9.17, 15) is 0 Å². The maximum atomic E-state index is 4.99. The molecule has 0 aliphatic heterocycles. The molecule has 3 rings (SSSR count). The third-order valence-electron chi connectivity index (χ3n) is 3.83. The molecule has 0 aromatic carbocycles. The van der Waals surface area contributed by atoms with Crippen LogP contribution >= 0.6 is 11.3 Å². The predicted octanol–water partition coefficient (Wildman–Crippen LogP) is 1.79. The molecule has 0 spiro atoms. The van der Waals surface area contributed by atoms with Crippen LogP contribution in [-0.2, 0) is 11.3 Å². The second-order valence-corrected chi connectivity index (χ2v) is 6.22. The van der Waals surface area contributed by atoms with Gasteiger partial charge < -0.3 is 10.1 Å². The number of methoxy groups -OCH3 is 1. The molecule has 5 heteroatoms. The molecule has 0 saturated heterocycles. The van der Waals surface area contributed by atoms with Crippen LogP contribution in [0.15, 0.2) is 0 Å². The normalized spacial score (nSPS) is 30.5. The van der Waals surface area contributed by atoms with Crippen LogP contribution in [0.3, 0.4) is 0 Å². The van der Waals surface area contributed by atoms with Gasteiger partial charge in [-0.2, -0.15) is 0 Å². The number of aromatic nitrogens is 2. The molecule has 2 fully saturated rings. The summed E-state index contributed by atoms with van der Waals surface area (Å²) in [4.78, 5) is 0. The SMILES string of the molecule is COCCNCc1nnc(C2CC3CC3C2)s1. The second-order valence-electron chi connectivity index (χ2n) is 5.13. The molecule has 2 saturated carbocycles. The zero-order valence-corrected chi connectivity index (χ0v) is 11.0. The zero-order chi connectivity index (χ0) is 11.7. The van der Waals surface area contributed by atoms with Crippen molar-refractivity contribution in [1.82, 2.24) is 15.5 Å². The Kier molecular flexibility index (Phi) is 3.40. The van der Waals surface area contributed by atoms with Gasteiger partial charge in [-0.25, -0.2) is 0 Å². The van der Waals surface area contributed by atoms with Crippen LogP contribution in [0.4, 0.5) is 0 Å². The maximum Gasteiger partial charge on any atom is 0.131 e. The number of hydrogen-bond acceptors (Lipinski definition) is 5. The molecule has 1 aromatic rings. The van der Waals surface area contributed by atoms with Gasteiger partial charge in [0.2, 0.25) is 0 Å². The number of nitrogens with one attached hydrogen (secondary N) is 1. The van der Waals surface area contributed by atoms with Crippen LogP contribution < -0.4 is 5.32 Å². The Morgan fingerprint density at radius 2 is 2.12 bits per heavy atom. The lowest BCUT2D eigenvalue weighted by atomic mass is 10.1. The van der Waals surface area contributed by atoms with E-state index in [1.165, 1.54) is 24.3 Å². The lowest BCUT2D eigenvalue weighted by Crippen LogP contribution is -2.18. The van der Waals surface area contributed by atoms with Gasteiger partial charge in [-0.15, -0.1) is 10.2 Å². The van der Waals surface area contributed by atoms with Crippen LogP contribution in [0, 0.1) is 11.8 Å². The molecule has 0 radical (unpaired) electrons. The van der Waals surface area contributed by atoms with E-state index < -0.39 is 0 Å². The number of fused-ring (bicyclic) bond motifs is 1. The fraction of sp³-hybridized carbons (Fsp3) is 0.833. The minimum absolute atomic E-state index is 0.712. The molecule has 2 unspecified atom stereocenters. The Labute approximate surface area is 106 Å². The summed E-state index contributed by atoms with van der Waals surface area (Å²) < 4.78 is 4.99. The molecule has 94 valence electrons. The summed E-state index contributed by atoms with van der Waals surface area (Å²) in [6.45, 7) is 2.44. The molecule has 2 atom stereocenters. The monoisotopic (exact) mass is 253 g/mol. The molecule has 2 aliphatic carbocycles. The number of hydrogen-bond donors (Lipinski definition) is 1. The summed E-state index contributed by atoms with van der Waals surface area (Å²) in [7, 11) is 1.72. The molecule has 1 aromatic heterocycles. The average molecular weight is 253 g/mol. The lowest BCUT2D eigenvalue weighted by molar-refractivity contribution is 0.199. The van der Waals surface area contributed by atoms with E-state index in [1.54, 1.807) is 18.4 Å². The van der Waals surface area contributed by atoms with Crippen LogP contribution in [0.25, 0.3) is 0 Å². The minimum atomic E-state index is 0.712. The van der Waals surface area contributed by atoms with Gasteiger partial charge in [0.1, 0.15) is 10.0 Å². The Morgan fingerprint density at radius 1 is 1.29 bits per heavy atom. The van der Waals surface area contributed by atoms with Crippen molar-refractivity contribution < 1.29 is 4.74 Å². The summed E-state index contributed by atoms with van der Waals surface area (Å²) in [6.07, 6.45) is 4.19. The molecule has 1 heterocycles. The van der Waals surface area contributed by atoms with Gasteiger partial charge in [-0.05, 0) is 31.1 Å².